The van der Waals surface area contributed by atoms with Crippen LogP contribution in [0, 0.1) is 6.92 Å². The lowest BCUT2D eigenvalue weighted by atomic mass is 10.0. The highest BCUT2D eigenvalue weighted by Crippen LogP contribution is 2.29. The maximum atomic E-state index is 12.8. The van der Waals surface area contributed by atoms with Gasteiger partial charge in [-0.3, -0.25) is 4.79 Å². The van der Waals surface area contributed by atoms with E-state index in [4.69, 9.17) is 9.15 Å². The van der Waals surface area contributed by atoms with E-state index >= 15 is 0 Å². The Morgan fingerprint density at radius 2 is 1.93 bits per heavy atom. The Labute approximate surface area is 174 Å². The van der Waals surface area contributed by atoms with Crippen molar-refractivity contribution in [2.24, 2.45) is 0 Å². The largest absolute Gasteiger partial charge is 0.426 e. The Hall–Kier alpha value is -3.60. The number of aromatic nitrogens is 1. The van der Waals surface area contributed by atoms with Crippen LogP contribution in [0.3, 0.4) is 0 Å². The number of fused-ring (bicyclic) bond motifs is 2. The minimum atomic E-state index is -0.432. The van der Waals surface area contributed by atoms with E-state index in [1.165, 1.54) is 6.07 Å². The fourth-order valence-corrected chi connectivity index (χ4v) is 3.52. The Morgan fingerprint density at radius 3 is 2.73 bits per heavy atom. The van der Waals surface area contributed by atoms with Gasteiger partial charge in [-0.25, -0.2) is 4.79 Å². The third kappa shape index (κ3) is 4.06. The minimum Gasteiger partial charge on any atom is -0.426 e. The van der Waals surface area contributed by atoms with Crippen molar-refractivity contribution in [1.82, 2.24) is 4.98 Å². The number of nitrogens with one attached hydrogen (secondary N) is 1. The second-order valence-electron chi connectivity index (χ2n) is 7.71. The van der Waals surface area contributed by atoms with E-state index in [9.17, 15) is 9.59 Å². The standard InChI is InChI=1S/C25H23NO4/c1-15(2)4-8-19-22(10-6-17-7-11-23(27)30-25(17)19)29-24(28)13-18-14-26-21-9-5-16(3)12-20(18)21/h4-7,9-12,14,26H,8,13H2,1-3H3. The van der Waals surface area contributed by atoms with Gasteiger partial charge in [0.1, 0.15) is 11.3 Å². The molecule has 30 heavy (non-hydrogen) atoms. The zero-order chi connectivity index (χ0) is 21.3. The zero-order valence-electron chi connectivity index (χ0n) is 17.2. The first-order valence-corrected chi connectivity index (χ1v) is 9.87. The SMILES string of the molecule is CC(C)=CCc1c(OC(=O)Cc2c[nH]c3ccc(C)cc23)ccc2ccc(=O)oc12. The molecule has 0 atom stereocenters. The van der Waals surface area contributed by atoms with Gasteiger partial charge >= 0.3 is 11.6 Å². The number of carbonyl (C=O) groups is 1. The topological polar surface area (TPSA) is 72.3 Å². The van der Waals surface area contributed by atoms with E-state index in [-0.39, 0.29) is 12.4 Å². The van der Waals surface area contributed by atoms with Gasteiger partial charge in [-0.2, -0.15) is 0 Å². The van der Waals surface area contributed by atoms with Gasteiger partial charge in [-0.05, 0) is 63.1 Å². The van der Waals surface area contributed by atoms with Crippen LogP contribution >= 0.6 is 0 Å². The Bertz CT molecular complexity index is 1340. The third-order valence-corrected chi connectivity index (χ3v) is 5.05. The molecule has 0 aliphatic heterocycles. The summed E-state index contributed by atoms with van der Waals surface area (Å²) in [5.41, 5.74) is 4.83. The van der Waals surface area contributed by atoms with Crippen molar-refractivity contribution in [3.05, 3.63) is 87.4 Å². The maximum absolute atomic E-state index is 12.8. The number of aromatic amines is 1. The number of rotatable bonds is 5. The van der Waals surface area contributed by atoms with Gasteiger partial charge in [-0.15, -0.1) is 0 Å². The second kappa shape index (κ2) is 8.03. The van der Waals surface area contributed by atoms with E-state index in [0.29, 0.717) is 23.3 Å². The molecule has 0 amide bonds. The molecule has 0 fully saturated rings. The number of ether oxygens (including phenoxy) is 1. The average molecular weight is 401 g/mol. The first-order valence-electron chi connectivity index (χ1n) is 9.87. The van der Waals surface area contributed by atoms with Gasteiger partial charge in [0, 0.05) is 34.1 Å². The molecule has 1 N–H and O–H groups in total. The van der Waals surface area contributed by atoms with E-state index < -0.39 is 5.63 Å². The molecule has 0 unspecified atom stereocenters. The molecule has 5 nitrogen and oxygen atoms in total. The van der Waals surface area contributed by atoms with Gasteiger partial charge in [0.05, 0.1) is 6.42 Å². The lowest BCUT2D eigenvalue weighted by Gasteiger charge is -2.11. The van der Waals surface area contributed by atoms with E-state index in [1.54, 1.807) is 18.2 Å². The molecular weight excluding hydrogens is 378 g/mol. The van der Waals surface area contributed by atoms with Crippen LogP contribution in [-0.4, -0.2) is 11.0 Å². The van der Waals surface area contributed by atoms with Crippen LogP contribution in [0.25, 0.3) is 21.9 Å². The van der Waals surface area contributed by atoms with Crippen molar-refractivity contribution in [1.29, 1.82) is 0 Å². The number of benzene rings is 2. The normalized spacial score (nSPS) is 11.0. The van der Waals surface area contributed by atoms with Crippen LogP contribution < -0.4 is 10.4 Å². The first-order chi connectivity index (χ1) is 14.4. The number of esters is 1. The molecule has 0 aliphatic rings. The van der Waals surface area contributed by atoms with Crippen molar-refractivity contribution in [3.63, 3.8) is 0 Å². The lowest BCUT2D eigenvalue weighted by Crippen LogP contribution is -2.12. The Morgan fingerprint density at radius 1 is 1.13 bits per heavy atom. The average Bonchev–Trinajstić information content (AvgIpc) is 3.08. The molecule has 2 aromatic carbocycles. The molecule has 0 saturated heterocycles. The van der Waals surface area contributed by atoms with Gasteiger partial charge in [0.15, 0.2) is 0 Å². The maximum Gasteiger partial charge on any atom is 0.336 e. The number of H-pyrrole nitrogens is 1. The summed E-state index contributed by atoms with van der Waals surface area (Å²) in [7, 11) is 0. The summed E-state index contributed by atoms with van der Waals surface area (Å²) in [5.74, 6) is 0.0452. The quantitative estimate of drug-likeness (QED) is 0.215. The summed E-state index contributed by atoms with van der Waals surface area (Å²) in [4.78, 5) is 27.7. The number of allylic oxidation sites excluding steroid dienone is 2. The molecule has 4 aromatic rings. The molecular formula is C25H23NO4. The van der Waals surface area contributed by atoms with Crippen LogP contribution in [0.15, 0.2) is 69.5 Å². The summed E-state index contributed by atoms with van der Waals surface area (Å²) in [6.45, 7) is 6.00. The molecule has 0 saturated carbocycles. The number of carbonyl (C=O) groups excluding carboxylic acids is 1. The van der Waals surface area contributed by atoms with Gasteiger partial charge in [0.2, 0.25) is 0 Å². The van der Waals surface area contributed by atoms with Crippen LogP contribution in [0.2, 0.25) is 0 Å². The summed E-state index contributed by atoms with van der Waals surface area (Å²) < 4.78 is 11.2. The third-order valence-electron chi connectivity index (χ3n) is 5.05. The fraction of sp³-hybridized carbons (Fsp3) is 0.200. The molecule has 0 aliphatic carbocycles. The predicted octanol–water partition coefficient (Wildman–Crippen LogP) is 5.24. The number of hydrogen-bond donors (Lipinski definition) is 1. The van der Waals surface area contributed by atoms with E-state index in [1.807, 2.05) is 45.2 Å². The van der Waals surface area contributed by atoms with E-state index in [0.717, 1.165) is 33.0 Å². The van der Waals surface area contributed by atoms with Crippen molar-refractivity contribution in [2.45, 2.75) is 33.6 Å². The smallest absolute Gasteiger partial charge is 0.336 e. The number of aryl methyl sites for hydroxylation is 1. The molecule has 2 heterocycles. The Kier molecular flexibility index (Phi) is 5.27. The highest BCUT2D eigenvalue weighted by Gasteiger charge is 2.16. The Balaban J connectivity index is 1.67. The van der Waals surface area contributed by atoms with Crippen LogP contribution in [0.4, 0.5) is 0 Å². The van der Waals surface area contributed by atoms with Gasteiger partial charge in [0.25, 0.3) is 0 Å². The molecule has 4 rings (SSSR count). The van der Waals surface area contributed by atoms with Crippen molar-refractivity contribution in [3.8, 4) is 5.75 Å². The lowest BCUT2D eigenvalue weighted by molar-refractivity contribution is -0.133. The molecule has 0 bridgehead atoms. The van der Waals surface area contributed by atoms with Gasteiger partial charge < -0.3 is 14.1 Å². The van der Waals surface area contributed by atoms with E-state index in [2.05, 4.69) is 11.1 Å². The number of hydrogen-bond acceptors (Lipinski definition) is 4. The highest BCUT2D eigenvalue weighted by atomic mass is 16.5. The summed E-state index contributed by atoms with van der Waals surface area (Å²) in [6.07, 6.45) is 4.50. The molecule has 152 valence electrons. The summed E-state index contributed by atoms with van der Waals surface area (Å²) >= 11 is 0. The minimum absolute atomic E-state index is 0.141. The van der Waals surface area contributed by atoms with Crippen LogP contribution in [-0.2, 0) is 17.6 Å². The van der Waals surface area contributed by atoms with Crippen molar-refractivity contribution < 1.29 is 13.9 Å². The summed E-state index contributed by atoms with van der Waals surface area (Å²) in [5, 5.41) is 1.81. The van der Waals surface area contributed by atoms with Crippen molar-refractivity contribution in [2.75, 3.05) is 0 Å². The van der Waals surface area contributed by atoms with Crippen LogP contribution in [0.5, 0.6) is 5.75 Å². The molecule has 5 heteroatoms. The predicted molar refractivity (Wildman–Crippen MR) is 118 cm³/mol. The summed E-state index contributed by atoms with van der Waals surface area (Å²) in [6, 6.07) is 12.7. The van der Waals surface area contributed by atoms with Crippen molar-refractivity contribution >= 4 is 27.8 Å². The van der Waals surface area contributed by atoms with Gasteiger partial charge in [-0.1, -0.05) is 23.3 Å². The molecule has 0 radical (unpaired) electrons. The monoisotopic (exact) mass is 401 g/mol. The zero-order valence-corrected chi connectivity index (χ0v) is 17.2. The first kappa shape index (κ1) is 19.7. The molecule has 2 aromatic heterocycles. The highest BCUT2D eigenvalue weighted by molar-refractivity contribution is 5.89. The van der Waals surface area contributed by atoms with Crippen LogP contribution in [0.1, 0.15) is 30.5 Å². The second-order valence-corrected chi connectivity index (χ2v) is 7.71. The molecule has 0 spiro atoms. The fourth-order valence-electron chi connectivity index (χ4n) is 3.52.